The first-order valence-corrected chi connectivity index (χ1v) is 15.0. The van der Waals surface area contributed by atoms with Crippen LogP contribution in [0.5, 0.6) is 11.5 Å². The molecule has 0 aliphatic carbocycles. The molecule has 1 aromatic heterocycles. The molecule has 44 heavy (non-hydrogen) atoms. The number of carbonyl (C=O) groups excluding carboxylic acids is 3. The highest BCUT2D eigenvalue weighted by atomic mass is 16.5. The van der Waals surface area contributed by atoms with Crippen molar-refractivity contribution in [3.05, 3.63) is 108 Å². The second-order valence-electron chi connectivity index (χ2n) is 11.3. The highest BCUT2D eigenvalue weighted by Gasteiger charge is 2.28. The van der Waals surface area contributed by atoms with Gasteiger partial charge >= 0.3 is 0 Å². The van der Waals surface area contributed by atoms with Crippen LogP contribution in [0.1, 0.15) is 53.2 Å². The molecule has 4 N–H and O–H groups in total. The molecule has 9 heteroatoms. The summed E-state index contributed by atoms with van der Waals surface area (Å²) in [4.78, 5) is 43.5. The average molecular weight is 590 g/mol. The second kappa shape index (κ2) is 13.1. The number of anilines is 1. The summed E-state index contributed by atoms with van der Waals surface area (Å²) in [5.41, 5.74) is 10.5. The van der Waals surface area contributed by atoms with Crippen LogP contribution in [0.2, 0.25) is 0 Å². The van der Waals surface area contributed by atoms with Crippen LogP contribution in [-0.2, 0) is 16.1 Å². The number of para-hydroxylation sites is 2. The number of hydrogen-bond donors (Lipinski definition) is 3. The van der Waals surface area contributed by atoms with Crippen LogP contribution in [0.4, 0.5) is 5.69 Å². The maximum Gasteiger partial charge on any atom is 0.250 e. The van der Waals surface area contributed by atoms with E-state index in [0.29, 0.717) is 29.8 Å². The van der Waals surface area contributed by atoms with Crippen molar-refractivity contribution < 1.29 is 19.1 Å². The molecule has 0 radical (unpaired) electrons. The number of aromatic nitrogens is 1. The molecule has 3 amide bonds. The fourth-order valence-electron chi connectivity index (χ4n) is 5.87. The SMILES string of the molecule is NC(=O)c1ccc(C2CCN(Cc3ccccc3NC3CCC(=O)NC3=O)CC2)nc1-c1ccc(Oc2ccccc2)cc1. The standard InChI is InChI=1S/C35H35N5O4/c36-34(42)28-14-15-30(38-33(28)24-10-12-27(13-11-24)44-26-7-2-1-3-8-26)23-18-20-40(21-19-23)22-25-6-4-5-9-29(25)37-31-16-17-32(41)39-35(31)43/h1-15,23,31,37H,16-22H2,(H2,36,42)(H,39,41,43). The highest BCUT2D eigenvalue weighted by Crippen LogP contribution is 2.32. The number of primary amides is 1. The van der Waals surface area contributed by atoms with Crippen molar-refractivity contribution >= 4 is 23.4 Å². The van der Waals surface area contributed by atoms with Gasteiger partial charge in [0, 0.05) is 35.8 Å². The van der Waals surface area contributed by atoms with Crippen molar-refractivity contribution in [1.82, 2.24) is 15.2 Å². The summed E-state index contributed by atoms with van der Waals surface area (Å²) < 4.78 is 5.92. The predicted octanol–water partition coefficient (Wildman–Crippen LogP) is 5.24. The van der Waals surface area contributed by atoms with E-state index < -0.39 is 11.9 Å². The number of rotatable bonds is 9. The van der Waals surface area contributed by atoms with Crippen LogP contribution >= 0.6 is 0 Å². The number of ether oxygens (including phenoxy) is 1. The first kappa shape index (κ1) is 29.1. The van der Waals surface area contributed by atoms with Crippen molar-refractivity contribution in [2.45, 2.75) is 44.2 Å². The van der Waals surface area contributed by atoms with Crippen LogP contribution in [0, 0.1) is 0 Å². The lowest BCUT2D eigenvalue weighted by Gasteiger charge is -2.33. The zero-order valence-electron chi connectivity index (χ0n) is 24.4. The lowest BCUT2D eigenvalue weighted by Crippen LogP contribution is -2.47. The zero-order valence-corrected chi connectivity index (χ0v) is 24.4. The second-order valence-corrected chi connectivity index (χ2v) is 11.3. The Morgan fingerprint density at radius 1 is 0.886 bits per heavy atom. The number of benzene rings is 3. The summed E-state index contributed by atoms with van der Waals surface area (Å²) in [6.07, 6.45) is 2.67. The minimum Gasteiger partial charge on any atom is -0.457 e. The molecule has 224 valence electrons. The molecular formula is C35H35N5O4. The summed E-state index contributed by atoms with van der Waals surface area (Å²) in [7, 11) is 0. The van der Waals surface area contributed by atoms with Gasteiger partial charge in [-0.25, -0.2) is 0 Å². The highest BCUT2D eigenvalue weighted by molar-refractivity contribution is 6.01. The van der Waals surface area contributed by atoms with Gasteiger partial charge in [0.25, 0.3) is 5.91 Å². The zero-order chi connectivity index (χ0) is 30.5. The quantitative estimate of drug-likeness (QED) is 0.228. The minimum absolute atomic E-state index is 0.221. The number of pyridine rings is 1. The summed E-state index contributed by atoms with van der Waals surface area (Å²) in [5, 5.41) is 5.77. The third-order valence-corrected chi connectivity index (χ3v) is 8.27. The Labute approximate surface area is 256 Å². The number of amides is 3. The molecule has 0 spiro atoms. The Morgan fingerprint density at radius 2 is 1.59 bits per heavy atom. The first-order valence-electron chi connectivity index (χ1n) is 15.0. The molecule has 9 nitrogen and oxygen atoms in total. The fourth-order valence-corrected chi connectivity index (χ4v) is 5.87. The maximum absolute atomic E-state index is 12.3. The average Bonchev–Trinajstić information content (AvgIpc) is 3.04. The molecule has 3 heterocycles. The summed E-state index contributed by atoms with van der Waals surface area (Å²) >= 11 is 0. The van der Waals surface area contributed by atoms with Gasteiger partial charge in [-0.05, 0) is 92.5 Å². The third kappa shape index (κ3) is 6.79. The number of imide groups is 1. The smallest absolute Gasteiger partial charge is 0.250 e. The Morgan fingerprint density at radius 3 is 2.32 bits per heavy atom. The van der Waals surface area contributed by atoms with E-state index in [4.69, 9.17) is 15.5 Å². The largest absolute Gasteiger partial charge is 0.457 e. The van der Waals surface area contributed by atoms with Crippen LogP contribution in [-0.4, -0.2) is 46.7 Å². The molecule has 1 unspecified atom stereocenters. The molecule has 0 bridgehead atoms. The van der Waals surface area contributed by atoms with Crippen molar-refractivity contribution in [1.29, 1.82) is 0 Å². The van der Waals surface area contributed by atoms with Gasteiger partial charge in [0.1, 0.15) is 17.5 Å². The molecule has 2 fully saturated rings. The van der Waals surface area contributed by atoms with Crippen LogP contribution in [0.15, 0.2) is 91.0 Å². The van der Waals surface area contributed by atoms with Gasteiger partial charge in [0.05, 0.1) is 11.3 Å². The summed E-state index contributed by atoms with van der Waals surface area (Å²) in [5.74, 6) is 0.688. The number of piperidine rings is 2. The predicted molar refractivity (Wildman–Crippen MR) is 168 cm³/mol. The fraction of sp³-hybridized carbons (Fsp3) is 0.257. The topological polar surface area (TPSA) is 127 Å². The monoisotopic (exact) mass is 589 g/mol. The van der Waals surface area contributed by atoms with Crippen LogP contribution in [0.25, 0.3) is 11.3 Å². The van der Waals surface area contributed by atoms with Crippen molar-refractivity contribution in [2.75, 3.05) is 18.4 Å². The Hall–Kier alpha value is -5.02. The van der Waals surface area contributed by atoms with Crippen LogP contribution in [0.3, 0.4) is 0 Å². The number of nitrogens with two attached hydrogens (primary N) is 1. The van der Waals surface area contributed by atoms with E-state index in [2.05, 4.69) is 21.6 Å². The summed E-state index contributed by atoms with van der Waals surface area (Å²) in [6.45, 7) is 2.52. The maximum atomic E-state index is 12.3. The van der Waals surface area contributed by atoms with E-state index >= 15 is 0 Å². The molecule has 2 saturated heterocycles. The number of likely N-dealkylation sites (tertiary alicyclic amines) is 1. The van der Waals surface area contributed by atoms with Gasteiger partial charge in [-0.3, -0.25) is 29.6 Å². The van der Waals surface area contributed by atoms with Crippen molar-refractivity contribution in [3.8, 4) is 22.8 Å². The van der Waals surface area contributed by atoms with E-state index in [1.165, 1.54) is 0 Å². The molecule has 2 aliphatic heterocycles. The molecule has 6 rings (SSSR count). The van der Waals surface area contributed by atoms with Crippen molar-refractivity contribution in [3.63, 3.8) is 0 Å². The molecule has 1 atom stereocenters. The molecular weight excluding hydrogens is 554 g/mol. The Bertz CT molecular complexity index is 1650. The number of nitrogens with zero attached hydrogens (tertiary/aromatic N) is 2. The number of nitrogens with one attached hydrogen (secondary N) is 2. The van der Waals surface area contributed by atoms with Gasteiger partial charge in [-0.15, -0.1) is 0 Å². The van der Waals surface area contributed by atoms with Crippen molar-refractivity contribution in [2.24, 2.45) is 5.73 Å². The normalized spacial score (nSPS) is 17.6. The van der Waals surface area contributed by atoms with E-state index in [9.17, 15) is 14.4 Å². The Balaban J connectivity index is 1.12. The van der Waals surface area contributed by atoms with E-state index in [0.717, 1.165) is 60.7 Å². The number of carbonyl (C=O) groups is 3. The van der Waals surface area contributed by atoms with E-state index in [-0.39, 0.29) is 17.7 Å². The lowest BCUT2D eigenvalue weighted by atomic mass is 9.91. The first-order chi connectivity index (χ1) is 21.4. The molecule has 3 aromatic carbocycles. The van der Waals surface area contributed by atoms with Gasteiger partial charge < -0.3 is 15.8 Å². The van der Waals surface area contributed by atoms with E-state index in [1.807, 2.05) is 78.9 Å². The molecule has 0 saturated carbocycles. The van der Waals surface area contributed by atoms with Crippen LogP contribution < -0.4 is 21.1 Å². The van der Waals surface area contributed by atoms with E-state index in [1.54, 1.807) is 6.07 Å². The van der Waals surface area contributed by atoms with Gasteiger partial charge in [0.2, 0.25) is 11.8 Å². The lowest BCUT2D eigenvalue weighted by molar-refractivity contribution is -0.133. The van der Waals surface area contributed by atoms with Gasteiger partial charge in [0.15, 0.2) is 0 Å². The van der Waals surface area contributed by atoms with Gasteiger partial charge in [-0.2, -0.15) is 0 Å². The Kier molecular flexibility index (Phi) is 8.65. The third-order valence-electron chi connectivity index (χ3n) is 8.27. The number of hydrogen-bond acceptors (Lipinski definition) is 7. The summed E-state index contributed by atoms with van der Waals surface area (Å²) in [6, 6.07) is 28.4. The van der Waals surface area contributed by atoms with Gasteiger partial charge in [-0.1, -0.05) is 36.4 Å². The molecule has 4 aromatic rings. The molecule has 2 aliphatic rings. The minimum atomic E-state index is -0.511.